The van der Waals surface area contributed by atoms with Gasteiger partial charge in [-0.15, -0.1) is 0 Å². The fraction of sp³-hybridized carbons (Fsp3) is 0.444. The molecule has 3 rings (SSSR count). The van der Waals surface area contributed by atoms with Gasteiger partial charge in [-0.05, 0) is 44.6 Å². The molecule has 0 bridgehead atoms. The highest BCUT2D eigenvalue weighted by Gasteiger charge is 2.33. The molecule has 0 spiro atoms. The van der Waals surface area contributed by atoms with E-state index in [1.807, 2.05) is 38.1 Å². The number of hydrogen-bond acceptors (Lipinski definition) is 6. The van der Waals surface area contributed by atoms with E-state index in [4.69, 9.17) is 17.0 Å². The van der Waals surface area contributed by atoms with Gasteiger partial charge in [0.25, 0.3) is 5.91 Å². The smallest absolute Gasteiger partial charge is 0.257 e. The zero-order valence-corrected chi connectivity index (χ0v) is 15.6. The Kier molecular flexibility index (Phi) is 5.63. The van der Waals surface area contributed by atoms with Crippen molar-refractivity contribution >= 4 is 40.8 Å². The second-order valence-corrected chi connectivity index (χ2v) is 6.82. The van der Waals surface area contributed by atoms with Gasteiger partial charge in [-0.25, -0.2) is 9.55 Å². The van der Waals surface area contributed by atoms with Crippen LogP contribution in [0.2, 0.25) is 0 Å². The Balaban J connectivity index is 1.63. The predicted molar refractivity (Wildman–Crippen MR) is 102 cm³/mol. The van der Waals surface area contributed by atoms with Gasteiger partial charge in [0.2, 0.25) is 10.7 Å². The highest BCUT2D eigenvalue weighted by molar-refractivity contribution is 7.71. The number of carbonyl (C=O) groups excluding carboxylic acids is 2. The number of hydrogen-bond donors (Lipinski definition) is 2. The molecule has 1 aromatic carbocycles. The quantitative estimate of drug-likeness (QED) is 0.572. The minimum atomic E-state index is -0.642. The first-order valence-electron chi connectivity index (χ1n) is 8.68. The number of fused-ring (bicyclic) bond motifs is 3. The van der Waals surface area contributed by atoms with Crippen LogP contribution in [0.4, 0.5) is 5.82 Å². The molecule has 138 valence electrons. The molecule has 0 aliphatic carbocycles. The van der Waals surface area contributed by atoms with Gasteiger partial charge < -0.3 is 15.4 Å². The van der Waals surface area contributed by atoms with Gasteiger partial charge in [0.15, 0.2) is 0 Å². The van der Waals surface area contributed by atoms with Crippen LogP contribution in [0.1, 0.15) is 31.5 Å². The molecule has 1 amide bonds. The van der Waals surface area contributed by atoms with Crippen molar-refractivity contribution in [1.82, 2.24) is 14.9 Å². The number of rotatable bonds is 7. The van der Waals surface area contributed by atoms with Crippen LogP contribution in [0.25, 0.3) is 10.9 Å². The zero-order valence-electron chi connectivity index (χ0n) is 14.8. The molecular formula is C18H22N4O3S. The van der Waals surface area contributed by atoms with E-state index in [9.17, 15) is 9.59 Å². The second-order valence-electron chi connectivity index (χ2n) is 6.46. The van der Waals surface area contributed by atoms with Crippen molar-refractivity contribution in [2.24, 2.45) is 0 Å². The summed E-state index contributed by atoms with van der Waals surface area (Å²) in [6.45, 7) is 5.05. The van der Waals surface area contributed by atoms with E-state index >= 15 is 0 Å². The van der Waals surface area contributed by atoms with Gasteiger partial charge >= 0.3 is 0 Å². The molecule has 1 atom stereocenters. The molecule has 1 aliphatic heterocycles. The normalized spacial score (nSPS) is 16.0. The number of ether oxygens (including phenoxy) is 1. The minimum Gasteiger partial charge on any atom is -0.379 e. The van der Waals surface area contributed by atoms with Crippen molar-refractivity contribution in [3.05, 3.63) is 29.0 Å². The number of aromatic nitrogens is 2. The molecule has 1 aromatic heterocycles. The first-order valence-corrected chi connectivity index (χ1v) is 9.09. The summed E-state index contributed by atoms with van der Waals surface area (Å²) in [7, 11) is 0. The fourth-order valence-corrected chi connectivity index (χ4v) is 3.16. The molecule has 0 radical (unpaired) electrons. The van der Waals surface area contributed by atoms with E-state index in [-0.39, 0.29) is 29.1 Å². The maximum Gasteiger partial charge on any atom is 0.257 e. The average Bonchev–Trinajstić information content (AvgIpc) is 2.92. The summed E-state index contributed by atoms with van der Waals surface area (Å²) in [5.41, 5.74) is 0.722. The molecule has 2 aromatic rings. The van der Waals surface area contributed by atoms with Crippen molar-refractivity contribution in [1.29, 1.82) is 0 Å². The lowest BCUT2D eigenvalue weighted by atomic mass is 10.2. The molecule has 8 heteroatoms. The fourth-order valence-electron chi connectivity index (χ4n) is 2.88. The third-order valence-corrected chi connectivity index (χ3v) is 4.38. The summed E-state index contributed by atoms with van der Waals surface area (Å²) in [6, 6.07) is 6.82. The van der Waals surface area contributed by atoms with Crippen LogP contribution in [-0.4, -0.2) is 46.7 Å². The number of nitrogens with zero attached hydrogens (tertiary/aromatic N) is 2. The van der Waals surface area contributed by atoms with Crippen molar-refractivity contribution in [3.8, 4) is 0 Å². The monoisotopic (exact) mass is 374 g/mol. The molecule has 2 N–H and O–H groups in total. The molecular weight excluding hydrogens is 352 g/mol. The summed E-state index contributed by atoms with van der Waals surface area (Å²) >= 11 is 5.25. The van der Waals surface area contributed by atoms with E-state index in [0.29, 0.717) is 19.0 Å². The summed E-state index contributed by atoms with van der Waals surface area (Å²) in [5.74, 6) is 0.173. The summed E-state index contributed by atoms with van der Waals surface area (Å²) in [4.78, 5) is 29.1. The van der Waals surface area contributed by atoms with Crippen molar-refractivity contribution in [3.63, 3.8) is 0 Å². The van der Waals surface area contributed by atoms with Crippen LogP contribution < -0.4 is 10.6 Å². The molecule has 0 saturated carbocycles. The lowest BCUT2D eigenvalue weighted by molar-refractivity contribution is -0.121. The van der Waals surface area contributed by atoms with Gasteiger partial charge in [-0.2, -0.15) is 0 Å². The van der Waals surface area contributed by atoms with Crippen LogP contribution in [0, 0.1) is 4.77 Å². The lowest BCUT2D eigenvalue weighted by Crippen LogP contribution is -2.34. The number of benzene rings is 1. The topological polar surface area (TPSA) is 85.2 Å². The van der Waals surface area contributed by atoms with Crippen molar-refractivity contribution in [2.45, 2.75) is 38.8 Å². The number of amides is 1. The summed E-state index contributed by atoms with van der Waals surface area (Å²) < 4.78 is 7.01. The maximum absolute atomic E-state index is 12.6. The van der Waals surface area contributed by atoms with Crippen LogP contribution in [0.5, 0.6) is 0 Å². The molecule has 0 fully saturated rings. The third kappa shape index (κ3) is 3.91. The molecule has 2 heterocycles. The van der Waals surface area contributed by atoms with Gasteiger partial charge in [-0.1, -0.05) is 12.1 Å². The van der Waals surface area contributed by atoms with Gasteiger partial charge in [0.05, 0.1) is 18.0 Å². The van der Waals surface area contributed by atoms with E-state index in [1.165, 1.54) is 4.57 Å². The number of para-hydroxylation sites is 1. The Morgan fingerprint density at radius 3 is 2.96 bits per heavy atom. The summed E-state index contributed by atoms with van der Waals surface area (Å²) in [6.07, 6.45) is 0.960. The minimum absolute atomic E-state index is 0.0502. The molecule has 26 heavy (non-hydrogen) atoms. The first-order chi connectivity index (χ1) is 12.5. The van der Waals surface area contributed by atoms with Gasteiger partial charge in [0, 0.05) is 18.5 Å². The number of nitrogens with one attached hydrogen (secondary N) is 2. The van der Waals surface area contributed by atoms with Crippen LogP contribution >= 0.6 is 12.2 Å². The highest BCUT2D eigenvalue weighted by atomic mass is 32.1. The molecule has 7 nitrogen and oxygen atoms in total. The Labute approximate surface area is 156 Å². The highest BCUT2D eigenvalue weighted by Crippen LogP contribution is 2.28. The Morgan fingerprint density at radius 2 is 2.19 bits per heavy atom. The van der Waals surface area contributed by atoms with Crippen LogP contribution in [-0.2, 0) is 9.53 Å². The molecule has 0 saturated heterocycles. The average molecular weight is 374 g/mol. The standard InChI is InChI=1S/C18H22N4O3S/c1-11(2)25-9-5-8-19-15(23)10-14-17(24)22-16(20-14)12-6-3-4-7-13(12)21-18(22)26/h3-4,6-7,11,14,20H,5,8-10H2,1-2H3,(H,19,23). The van der Waals surface area contributed by atoms with E-state index in [1.54, 1.807) is 0 Å². The van der Waals surface area contributed by atoms with E-state index < -0.39 is 6.04 Å². The van der Waals surface area contributed by atoms with Crippen molar-refractivity contribution < 1.29 is 14.3 Å². The van der Waals surface area contributed by atoms with Gasteiger partial charge in [0.1, 0.15) is 11.9 Å². The Bertz CT molecular complexity index is 894. The van der Waals surface area contributed by atoms with Gasteiger partial charge in [-0.3, -0.25) is 9.59 Å². The Morgan fingerprint density at radius 1 is 1.42 bits per heavy atom. The van der Waals surface area contributed by atoms with Crippen LogP contribution in [0.15, 0.2) is 24.3 Å². The second kappa shape index (κ2) is 7.92. The number of carbonyl (C=O) groups is 2. The lowest BCUT2D eigenvalue weighted by Gasteiger charge is -2.10. The first kappa shape index (κ1) is 18.5. The maximum atomic E-state index is 12.6. The van der Waals surface area contributed by atoms with Crippen molar-refractivity contribution in [2.75, 3.05) is 18.5 Å². The third-order valence-electron chi connectivity index (χ3n) is 4.10. The number of anilines is 1. The molecule has 1 unspecified atom stereocenters. The molecule has 1 aliphatic rings. The zero-order chi connectivity index (χ0) is 18.7. The SMILES string of the molecule is CC(C)OCCCNC(=O)CC1Nc2c3ccccc3nc(=S)n2C1=O. The Hall–Kier alpha value is -2.32. The largest absolute Gasteiger partial charge is 0.379 e. The summed E-state index contributed by atoms with van der Waals surface area (Å²) in [5, 5.41) is 6.77. The van der Waals surface area contributed by atoms with E-state index in [0.717, 1.165) is 17.3 Å². The van der Waals surface area contributed by atoms with E-state index in [2.05, 4.69) is 15.6 Å². The predicted octanol–water partition coefficient (Wildman–Crippen LogP) is 2.52. The van der Waals surface area contributed by atoms with Crippen LogP contribution in [0.3, 0.4) is 0 Å².